The van der Waals surface area contributed by atoms with Crippen molar-refractivity contribution in [3.63, 3.8) is 0 Å². The van der Waals surface area contributed by atoms with Crippen LogP contribution >= 0.6 is 0 Å². The molecule has 0 bridgehead atoms. The normalized spacial score (nSPS) is 16.9. The molecule has 4 heteroatoms. The second kappa shape index (κ2) is 8.66. The number of hydrogen-bond acceptors (Lipinski definition) is 4. The van der Waals surface area contributed by atoms with Gasteiger partial charge in [-0.25, -0.2) is 0 Å². The highest BCUT2D eigenvalue weighted by Crippen LogP contribution is 2.41. The van der Waals surface area contributed by atoms with Gasteiger partial charge in [-0.15, -0.1) is 0 Å². The third-order valence-corrected chi connectivity index (χ3v) is 9.40. The van der Waals surface area contributed by atoms with Gasteiger partial charge in [0.25, 0.3) is 0 Å². The SMILES string of the molecule is c1cc2cc3c(cc2cc1N1CCCCC1)oc1c3ccc2c3cc4ccc(N5CCCCC5)cc4cc3oc21. The van der Waals surface area contributed by atoms with E-state index < -0.39 is 0 Å². The van der Waals surface area contributed by atoms with Crippen molar-refractivity contribution < 1.29 is 8.83 Å². The standard InChI is InChI=1S/C36H32N2O2/c1-3-13-37(14-4-1)27-9-7-23-19-31-29-11-12-30-32-20-24-8-10-28(38-15-5-2-6-16-38)18-26(24)22-34(32)40-36(30)35(29)39-33(31)21-25(23)17-27/h7-12,17-22H,1-6,13-16H2. The molecule has 0 atom stereocenters. The van der Waals surface area contributed by atoms with Crippen molar-refractivity contribution in [1.29, 1.82) is 0 Å². The van der Waals surface area contributed by atoms with Crippen LogP contribution in [0.4, 0.5) is 11.4 Å². The lowest BCUT2D eigenvalue weighted by Crippen LogP contribution is -2.29. The predicted octanol–water partition coefficient (Wildman–Crippen LogP) is 9.77. The van der Waals surface area contributed by atoms with Gasteiger partial charge in [0.2, 0.25) is 0 Å². The summed E-state index contributed by atoms with van der Waals surface area (Å²) < 4.78 is 13.1. The highest BCUT2D eigenvalue weighted by molar-refractivity contribution is 6.21. The van der Waals surface area contributed by atoms with Crippen molar-refractivity contribution in [2.75, 3.05) is 36.0 Å². The van der Waals surface area contributed by atoms with Gasteiger partial charge in [-0.2, -0.15) is 0 Å². The first-order valence-corrected chi connectivity index (χ1v) is 15.0. The van der Waals surface area contributed by atoms with E-state index in [4.69, 9.17) is 8.83 Å². The smallest absolute Gasteiger partial charge is 0.178 e. The molecule has 0 amide bonds. The Morgan fingerprint density at radius 2 is 0.850 bits per heavy atom. The molecule has 0 saturated carbocycles. The quantitative estimate of drug-likeness (QED) is 0.225. The van der Waals surface area contributed by atoms with Crippen molar-refractivity contribution in [2.45, 2.75) is 38.5 Å². The molecule has 0 aliphatic carbocycles. The highest BCUT2D eigenvalue weighted by atomic mass is 16.4. The van der Waals surface area contributed by atoms with Crippen LogP contribution < -0.4 is 9.80 Å². The lowest BCUT2D eigenvalue weighted by molar-refractivity contribution is 0.578. The molecule has 4 heterocycles. The Bertz CT molecular complexity index is 1940. The highest BCUT2D eigenvalue weighted by Gasteiger charge is 2.18. The molecule has 40 heavy (non-hydrogen) atoms. The van der Waals surface area contributed by atoms with Crippen molar-refractivity contribution in [2.24, 2.45) is 0 Å². The second-order valence-electron chi connectivity index (χ2n) is 11.9. The van der Waals surface area contributed by atoms with E-state index in [9.17, 15) is 0 Å². The van der Waals surface area contributed by atoms with Gasteiger partial charge in [-0.3, -0.25) is 0 Å². The Balaban J connectivity index is 1.19. The van der Waals surface area contributed by atoms with Gasteiger partial charge in [0, 0.05) is 59.1 Å². The molecule has 2 aliphatic rings. The second-order valence-corrected chi connectivity index (χ2v) is 11.9. The largest absolute Gasteiger partial charge is 0.452 e. The molecule has 2 aliphatic heterocycles. The van der Waals surface area contributed by atoms with Crippen LogP contribution in [0.2, 0.25) is 0 Å². The molecule has 0 N–H and O–H groups in total. The summed E-state index contributed by atoms with van der Waals surface area (Å²) in [7, 11) is 0. The first-order valence-electron chi connectivity index (χ1n) is 15.0. The van der Waals surface area contributed by atoms with E-state index >= 15 is 0 Å². The number of nitrogens with zero attached hydrogens (tertiary/aromatic N) is 2. The molecule has 4 nitrogen and oxygen atoms in total. The summed E-state index contributed by atoms with van der Waals surface area (Å²) >= 11 is 0. The number of hydrogen-bond donors (Lipinski definition) is 0. The number of rotatable bonds is 2. The van der Waals surface area contributed by atoms with Crippen LogP contribution in [0.1, 0.15) is 38.5 Å². The van der Waals surface area contributed by atoms with E-state index in [1.54, 1.807) is 0 Å². The van der Waals surface area contributed by atoms with Crippen LogP contribution in [-0.2, 0) is 0 Å². The third-order valence-electron chi connectivity index (χ3n) is 9.40. The molecule has 0 spiro atoms. The Hall–Kier alpha value is -4.18. The fourth-order valence-electron chi connectivity index (χ4n) is 7.23. The first-order chi connectivity index (χ1) is 19.8. The fraction of sp³-hybridized carbons (Fsp3) is 0.278. The summed E-state index contributed by atoms with van der Waals surface area (Å²) in [5, 5.41) is 9.46. The van der Waals surface area contributed by atoms with Gasteiger partial charge in [-0.05, 0) is 121 Å². The molecular formula is C36H32N2O2. The van der Waals surface area contributed by atoms with Crippen LogP contribution in [0.15, 0.2) is 81.6 Å². The monoisotopic (exact) mass is 524 g/mol. The van der Waals surface area contributed by atoms with E-state index in [0.29, 0.717) is 0 Å². The Kier molecular flexibility index (Phi) is 4.90. The van der Waals surface area contributed by atoms with Crippen molar-refractivity contribution in [3.8, 4) is 0 Å². The molecule has 0 unspecified atom stereocenters. The molecule has 198 valence electrons. The van der Waals surface area contributed by atoms with Crippen LogP contribution in [0, 0.1) is 0 Å². The lowest BCUT2D eigenvalue weighted by atomic mass is 10.0. The Morgan fingerprint density at radius 3 is 1.30 bits per heavy atom. The zero-order chi connectivity index (χ0) is 26.2. The first kappa shape index (κ1) is 22.6. The fourth-order valence-corrected chi connectivity index (χ4v) is 7.23. The zero-order valence-corrected chi connectivity index (χ0v) is 22.7. The van der Waals surface area contributed by atoms with Crippen molar-refractivity contribution in [3.05, 3.63) is 72.8 Å². The van der Waals surface area contributed by atoms with Crippen LogP contribution in [0.5, 0.6) is 0 Å². The number of fused-ring (bicyclic) bond motifs is 9. The minimum atomic E-state index is 0.841. The van der Waals surface area contributed by atoms with E-state index in [-0.39, 0.29) is 0 Å². The summed E-state index contributed by atoms with van der Waals surface area (Å²) in [5.74, 6) is 0. The minimum Gasteiger partial charge on any atom is -0.452 e. The summed E-state index contributed by atoms with van der Waals surface area (Å²) in [6.07, 6.45) is 7.81. The molecule has 2 fully saturated rings. The van der Waals surface area contributed by atoms with Crippen LogP contribution in [0.25, 0.3) is 65.4 Å². The molecular weight excluding hydrogens is 492 g/mol. The summed E-state index contributed by atoms with van der Waals surface area (Å²) in [6, 6.07) is 27.1. The third kappa shape index (κ3) is 3.45. The Morgan fingerprint density at radius 1 is 0.400 bits per heavy atom. The molecule has 7 aromatic rings. The number of piperidine rings is 2. The van der Waals surface area contributed by atoms with Gasteiger partial charge >= 0.3 is 0 Å². The lowest BCUT2D eigenvalue weighted by Gasteiger charge is -2.29. The molecule has 0 radical (unpaired) electrons. The predicted molar refractivity (Wildman–Crippen MR) is 168 cm³/mol. The zero-order valence-electron chi connectivity index (χ0n) is 22.7. The van der Waals surface area contributed by atoms with Crippen molar-refractivity contribution in [1.82, 2.24) is 0 Å². The average molecular weight is 525 g/mol. The number of benzene rings is 5. The summed E-state index contributed by atoms with van der Waals surface area (Å²) in [4.78, 5) is 5.03. The summed E-state index contributed by atoms with van der Waals surface area (Å²) in [6.45, 7) is 4.60. The van der Waals surface area contributed by atoms with Gasteiger partial charge in [-0.1, -0.05) is 12.1 Å². The van der Waals surface area contributed by atoms with Gasteiger partial charge < -0.3 is 18.6 Å². The molecule has 9 rings (SSSR count). The number of furan rings is 2. The molecule has 2 aromatic heterocycles. The Labute approximate surface area is 232 Å². The van der Waals surface area contributed by atoms with Gasteiger partial charge in [0.15, 0.2) is 11.2 Å². The summed E-state index contributed by atoms with van der Waals surface area (Å²) in [5.41, 5.74) is 6.16. The maximum Gasteiger partial charge on any atom is 0.178 e. The maximum absolute atomic E-state index is 6.57. The average Bonchev–Trinajstić information content (AvgIpc) is 3.56. The van der Waals surface area contributed by atoms with Crippen molar-refractivity contribution >= 4 is 76.8 Å². The van der Waals surface area contributed by atoms with Crippen LogP contribution in [0.3, 0.4) is 0 Å². The van der Waals surface area contributed by atoms with Crippen LogP contribution in [-0.4, -0.2) is 26.2 Å². The molecule has 5 aromatic carbocycles. The van der Waals surface area contributed by atoms with Gasteiger partial charge in [0.1, 0.15) is 11.2 Å². The minimum absolute atomic E-state index is 0.841. The van der Waals surface area contributed by atoms with E-state index in [1.807, 2.05) is 0 Å². The molecule has 2 saturated heterocycles. The maximum atomic E-state index is 6.57. The van der Waals surface area contributed by atoms with E-state index in [2.05, 4.69) is 82.6 Å². The number of anilines is 2. The van der Waals surface area contributed by atoms with E-state index in [0.717, 1.165) is 70.1 Å². The van der Waals surface area contributed by atoms with Gasteiger partial charge in [0.05, 0.1) is 0 Å². The van der Waals surface area contributed by atoms with E-state index in [1.165, 1.54) is 71.4 Å². The topological polar surface area (TPSA) is 32.8 Å².